The lowest BCUT2D eigenvalue weighted by molar-refractivity contribution is -0.114. The summed E-state index contributed by atoms with van der Waals surface area (Å²) in [5.74, 6) is -0.714. The van der Waals surface area contributed by atoms with Crippen LogP contribution in [0.4, 0.5) is 17.1 Å². The van der Waals surface area contributed by atoms with Crippen LogP contribution in [0.15, 0.2) is 48.7 Å². The molecule has 0 aliphatic carbocycles. The van der Waals surface area contributed by atoms with Crippen LogP contribution in [0, 0.1) is 0 Å². The van der Waals surface area contributed by atoms with E-state index in [4.69, 9.17) is 0 Å². The van der Waals surface area contributed by atoms with E-state index >= 15 is 0 Å². The molecule has 3 heterocycles. The highest BCUT2D eigenvalue weighted by atomic mass is 16.2. The number of piperidine rings is 1. The maximum absolute atomic E-state index is 12.7. The molecule has 3 aliphatic heterocycles. The Morgan fingerprint density at radius 2 is 1.67 bits per heavy atom. The second kappa shape index (κ2) is 9.27. The second-order valence-corrected chi connectivity index (χ2v) is 9.06. The van der Waals surface area contributed by atoms with Crippen LogP contribution in [0.3, 0.4) is 0 Å². The number of hydrogen-bond acceptors (Lipinski definition) is 6. The van der Waals surface area contributed by atoms with Gasteiger partial charge in [-0.3, -0.25) is 14.9 Å². The zero-order chi connectivity index (χ0) is 22.8. The van der Waals surface area contributed by atoms with Crippen LogP contribution in [0.1, 0.15) is 42.1 Å². The van der Waals surface area contributed by atoms with Crippen molar-refractivity contribution in [2.24, 2.45) is 0 Å². The molecule has 0 aromatic heterocycles. The summed E-state index contributed by atoms with van der Waals surface area (Å²) < 4.78 is 0. The molecule has 1 atom stereocenters. The Kier molecular flexibility index (Phi) is 6.05. The van der Waals surface area contributed by atoms with Crippen LogP contribution in [-0.2, 0) is 4.79 Å². The zero-order valence-corrected chi connectivity index (χ0v) is 19.1. The van der Waals surface area contributed by atoms with Gasteiger partial charge in [0.25, 0.3) is 11.8 Å². The van der Waals surface area contributed by atoms with Gasteiger partial charge >= 0.3 is 0 Å². The normalized spacial score (nSPS) is 22.2. The Hall–Kier alpha value is -3.32. The van der Waals surface area contributed by atoms with E-state index < -0.39 is 0 Å². The van der Waals surface area contributed by atoms with Crippen molar-refractivity contribution in [2.45, 2.75) is 32.2 Å². The van der Waals surface area contributed by atoms with Gasteiger partial charge in [-0.05, 0) is 68.7 Å². The van der Waals surface area contributed by atoms with E-state index in [9.17, 15) is 9.59 Å². The molecule has 2 fully saturated rings. The molecule has 7 nitrogen and oxygen atoms in total. The van der Waals surface area contributed by atoms with Gasteiger partial charge in [-0.25, -0.2) is 0 Å². The van der Waals surface area contributed by atoms with Gasteiger partial charge in [0.15, 0.2) is 0 Å². The number of imide groups is 1. The average molecular weight is 446 g/mol. The highest BCUT2D eigenvalue weighted by Gasteiger charge is 2.28. The molecular weight excluding hydrogens is 414 g/mol. The molecule has 0 spiro atoms. The Labute approximate surface area is 194 Å². The first-order chi connectivity index (χ1) is 16.1. The van der Waals surface area contributed by atoms with E-state index in [1.54, 1.807) is 6.20 Å². The quantitative estimate of drug-likeness (QED) is 0.496. The summed E-state index contributed by atoms with van der Waals surface area (Å²) in [6.07, 6.45) is 5.31. The maximum atomic E-state index is 12.7. The molecular formula is C26H31N5O2. The molecule has 2 aromatic rings. The molecule has 0 bridgehead atoms. The van der Waals surface area contributed by atoms with Crippen molar-refractivity contribution in [3.8, 4) is 0 Å². The molecule has 1 unspecified atom stereocenters. The first kappa shape index (κ1) is 21.5. The third-order valence-corrected chi connectivity index (χ3v) is 6.81. The number of piperazine rings is 1. The minimum absolute atomic E-state index is 0.341. The molecule has 3 N–H and O–H groups in total. The molecule has 7 heteroatoms. The number of carbonyl (C=O) groups is 2. The number of carbonyl (C=O) groups excluding carboxylic acids is 2. The topological polar surface area (TPSA) is 76.7 Å². The maximum Gasteiger partial charge on any atom is 0.260 e. The molecule has 0 radical (unpaired) electrons. The van der Waals surface area contributed by atoms with E-state index in [1.165, 1.54) is 24.9 Å². The van der Waals surface area contributed by atoms with Crippen molar-refractivity contribution in [1.29, 1.82) is 0 Å². The minimum Gasteiger partial charge on any atom is -0.372 e. The van der Waals surface area contributed by atoms with Gasteiger partial charge in [-0.1, -0.05) is 0 Å². The van der Waals surface area contributed by atoms with Crippen molar-refractivity contribution < 1.29 is 9.59 Å². The predicted octanol–water partition coefficient (Wildman–Crippen LogP) is 3.20. The van der Waals surface area contributed by atoms with Gasteiger partial charge in [0.05, 0.1) is 5.57 Å². The number of nitrogens with one attached hydrogen (secondary N) is 3. The lowest BCUT2D eigenvalue weighted by atomic mass is 9.94. The minimum atomic E-state index is -0.373. The summed E-state index contributed by atoms with van der Waals surface area (Å²) in [6.45, 7) is 7.20. The van der Waals surface area contributed by atoms with Gasteiger partial charge in [-0.2, -0.15) is 0 Å². The largest absolute Gasteiger partial charge is 0.372 e. The fraction of sp³-hybridized carbons (Fsp3) is 0.385. The Morgan fingerprint density at radius 3 is 2.42 bits per heavy atom. The summed E-state index contributed by atoms with van der Waals surface area (Å²) in [7, 11) is 0. The van der Waals surface area contributed by atoms with Crippen molar-refractivity contribution in [1.82, 2.24) is 10.6 Å². The van der Waals surface area contributed by atoms with E-state index in [0.717, 1.165) is 44.1 Å². The van der Waals surface area contributed by atoms with Gasteiger partial charge in [0.1, 0.15) is 0 Å². The zero-order valence-electron chi connectivity index (χ0n) is 19.1. The molecule has 172 valence electrons. The van der Waals surface area contributed by atoms with Crippen molar-refractivity contribution in [3.63, 3.8) is 0 Å². The number of benzene rings is 2. The van der Waals surface area contributed by atoms with Crippen molar-refractivity contribution in [3.05, 3.63) is 59.8 Å². The number of nitrogens with zero attached hydrogens (tertiary/aromatic N) is 2. The van der Waals surface area contributed by atoms with Gasteiger partial charge in [0, 0.05) is 73.2 Å². The second-order valence-electron chi connectivity index (χ2n) is 9.06. The molecule has 3 aliphatic rings. The van der Waals surface area contributed by atoms with Crippen molar-refractivity contribution >= 4 is 34.4 Å². The SMILES string of the molecule is CC1CNCCN1c1ccc(NC=C2C(=O)NC(=O)c3ccc(N4CCCCC4)cc32)cc1. The number of rotatable bonds is 4. The van der Waals surface area contributed by atoms with Crippen LogP contribution in [-0.4, -0.2) is 50.6 Å². The smallest absolute Gasteiger partial charge is 0.260 e. The number of anilines is 3. The highest BCUT2D eigenvalue weighted by molar-refractivity contribution is 6.31. The summed E-state index contributed by atoms with van der Waals surface area (Å²) in [6, 6.07) is 14.5. The predicted molar refractivity (Wildman–Crippen MR) is 133 cm³/mol. The summed E-state index contributed by atoms with van der Waals surface area (Å²) in [4.78, 5) is 29.9. The van der Waals surface area contributed by atoms with E-state index in [-0.39, 0.29) is 11.8 Å². The Balaban J connectivity index is 1.38. The molecule has 33 heavy (non-hydrogen) atoms. The van der Waals surface area contributed by atoms with E-state index in [2.05, 4.69) is 44.8 Å². The van der Waals surface area contributed by atoms with Crippen LogP contribution in [0.5, 0.6) is 0 Å². The van der Waals surface area contributed by atoms with Crippen LogP contribution >= 0.6 is 0 Å². The Bertz CT molecular complexity index is 1070. The van der Waals surface area contributed by atoms with E-state index in [0.29, 0.717) is 22.7 Å². The highest BCUT2D eigenvalue weighted by Crippen LogP contribution is 2.30. The first-order valence-electron chi connectivity index (χ1n) is 11.9. The van der Waals surface area contributed by atoms with Crippen LogP contribution < -0.4 is 25.8 Å². The number of fused-ring (bicyclic) bond motifs is 1. The molecule has 0 saturated carbocycles. The van der Waals surface area contributed by atoms with Gasteiger partial charge < -0.3 is 20.4 Å². The molecule has 2 saturated heterocycles. The van der Waals surface area contributed by atoms with Gasteiger partial charge in [-0.15, -0.1) is 0 Å². The fourth-order valence-electron chi connectivity index (χ4n) is 4.93. The fourth-order valence-corrected chi connectivity index (χ4v) is 4.93. The molecule has 5 rings (SSSR count). The lowest BCUT2D eigenvalue weighted by Crippen LogP contribution is -2.49. The van der Waals surface area contributed by atoms with Crippen molar-refractivity contribution in [2.75, 3.05) is 47.8 Å². The van der Waals surface area contributed by atoms with Crippen LogP contribution in [0.2, 0.25) is 0 Å². The molecule has 2 amide bonds. The monoisotopic (exact) mass is 445 g/mol. The average Bonchev–Trinajstić information content (AvgIpc) is 2.85. The van der Waals surface area contributed by atoms with Crippen LogP contribution in [0.25, 0.3) is 5.57 Å². The van der Waals surface area contributed by atoms with E-state index in [1.807, 2.05) is 30.3 Å². The Morgan fingerprint density at radius 1 is 0.909 bits per heavy atom. The number of hydrogen-bond donors (Lipinski definition) is 3. The summed E-state index contributed by atoms with van der Waals surface area (Å²) in [5, 5.41) is 9.14. The molecule has 2 aromatic carbocycles. The van der Waals surface area contributed by atoms with Gasteiger partial charge in [0.2, 0.25) is 0 Å². The standard InChI is InChI=1S/C26H31N5O2/c1-18-16-27-11-14-31(18)20-7-5-19(6-8-20)28-17-24-23-15-21(30-12-3-2-4-13-30)9-10-22(23)25(32)29-26(24)33/h5-10,15,17-18,27-28H,2-4,11-14,16H2,1H3,(H,29,32,33). The first-order valence-corrected chi connectivity index (χ1v) is 11.9. The summed E-state index contributed by atoms with van der Waals surface area (Å²) >= 11 is 0. The lowest BCUT2D eigenvalue weighted by Gasteiger charge is -2.36. The third kappa shape index (κ3) is 4.46. The number of amides is 2. The third-order valence-electron chi connectivity index (χ3n) is 6.81. The summed E-state index contributed by atoms with van der Waals surface area (Å²) in [5.41, 5.74) is 4.85.